The van der Waals surface area contributed by atoms with Gasteiger partial charge in [-0.2, -0.15) is 0 Å². The van der Waals surface area contributed by atoms with Gasteiger partial charge >= 0.3 is 5.97 Å². The molecule has 1 aliphatic carbocycles. The predicted molar refractivity (Wildman–Crippen MR) is 43.9 cm³/mol. The maximum absolute atomic E-state index is 11.0. The number of rotatable bonds is 2. The minimum Gasteiger partial charge on any atom is -0.450 e. The van der Waals surface area contributed by atoms with Crippen LogP contribution in [0.2, 0.25) is 0 Å². The van der Waals surface area contributed by atoms with E-state index >= 15 is 0 Å². The fourth-order valence-corrected chi connectivity index (χ4v) is 1.04. The van der Waals surface area contributed by atoms with E-state index in [0.717, 1.165) is 0 Å². The second-order valence-electron chi connectivity index (χ2n) is 3.00. The quantitative estimate of drug-likeness (QED) is 0.352. The topological polar surface area (TPSA) is 60.4 Å². The summed E-state index contributed by atoms with van der Waals surface area (Å²) in [4.78, 5) is 32.7. The Morgan fingerprint density at radius 3 is 2.54 bits per heavy atom. The van der Waals surface area contributed by atoms with Crippen molar-refractivity contribution in [2.45, 2.75) is 25.9 Å². The molecule has 0 saturated heterocycles. The number of ether oxygens (including phenoxy) is 1. The number of hydrogen-bond acceptors (Lipinski definition) is 4. The van der Waals surface area contributed by atoms with Gasteiger partial charge in [-0.15, -0.1) is 0 Å². The number of esters is 1. The van der Waals surface area contributed by atoms with Gasteiger partial charge < -0.3 is 4.74 Å². The standard InChI is InChI=1S/C9H10O4/c1-5(2)9(12)13-7-4-3-6(10)8(7)11/h7H,1,3-4H2,2H3. The molecule has 1 saturated carbocycles. The molecule has 0 spiro atoms. The minimum absolute atomic E-state index is 0.174. The fraction of sp³-hybridized carbons (Fsp3) is 0.444. The van der Waals surface area contributed by atoms with Gasteiger partial charge in [0.25, 0.3) is 0 Å². The average Bonchev–Trinajstić information content (AvgIpc) is 2.36. The minimum atomic E-state index is -0.878. The molecule has 0 aliphatic heterocycles. The normalized spacial score (nSPS) is 21.8. The van der Waals surface area contributed by atoms with Crippen LogP contribution < -0.4 is 0 Å². The van der Waals surface area contributed by atoms with E-state index in [1.54, 1.807) is 0 Å². The molecular weight excluding hydrogens is 172 g/mol. The van der Waals surface area contributed by atoms with E-state index < -0.39 is 23.6 Å². The van der Waals surface area contributed by atoms with Crippen molar-refractivity contribution in [3.8, 4) is 0 Å². The third-order valence-electron chi connectivity index (χ3n) is 1.80. The third-order valence-corrected chi connectivity index (χ3v) is 1.80. The molecule has 4 heteroatoms. The van der Waals surface area contributed by atoms with Crippen LogP contribution in [0.25, 0.3) is 0 Å². The summed E-state index contributed by atoms with van der Waals surface area (Å²) in [7, 11) is 0. The van der Waals surface area contributed by atoms with Gasteiger partial charge in [0.05, 0.1) is 0 Å². The molecule has 0 aromatic carbocycles. The molecule has 1 atom stereocenters. The molecule has 1 fully saturated rings. The van der Waals surface area contributed by atoms with E-state index in [1.807, 2.05) is 0 Å². The molecule has 0 aromatic rings. The monoisotopic (exact) mass is 182 g/mol. The first-order valence-corrected chi connectivity index (χ1v) is 3.96. The lowest BCUT2D eigenvalue weighted by Gasteiger charge is -2.08. The van der Waals surface area contributed by atoms with Crippen molar-refractivity contribution in [3.05, 3.63) is 12.2 Å². The van der Waals surface area contributed by atoms with Crippen LogP contribution in [0.3, 0.4) is 0 Å². The van der Waals surface area contributed by atoms with Crippen LogP contribution in [0.4, 0.5) is 0 Å². The number of carbonyl (C=O) groups excluding carboxylic acids is 3. The van der Waals surface area contributed by atoms with Crippen LogP contribution in [-0.2, 0) is 19.1 Å². The van der Waals surface area contributed by atoms with Crippen molar-refractivity contribution in [1.82, 2.24) is 0 Å². The summed E-state index contributed by atoms with van der Waals surface area (Å²) in [6.07, 6.45) is -0.402. The highest BCUT2D eigenvalue weighted by Gasteiger charge is 2.35. The van der Waals surface area contributed by atoms with Crippen LogP contribution in [-0.4, -0.2) is 23.6 Å². The lowest BCUT2D eigenvalue weighted by Crippen LogP contribution is -2.25. The molecule has 0 bridgehead atoms. The second kappa shape index (κ2) is 3.51. The van der Waals surface area contributed by atoms with E-state index in [-0.39, 0.29) is 12.0 Å². The van der Waals surface area contributed by atoms with E-state index in [9.17, 15) is 14.4 Å². The molecule has 1 unspecified atom stereocenters. The Morgan fingerprint density at radius 2 is 2.15 bits per heavy atom. The van der Waals surface area contributed by atoms with Crippen molar-refractivity contribution in [2.75, 3.05) is 0 Å². The first-order chi connectivity index (χ1) is 6.02. The van der Waals surface area contributed by atoms with E-state index in [0.29, 0.717) is 6.42 Å². The highest BCUT2D eigenvalue weighted by molar-refractivity contribution is 6.41. The molecule has 1 rings (SSSR count). The first-order valence-electron chi connectivity index (χ1n) is 3.96. The van der Waals surface area contributed by atoms with Crippen LogP contribution >= 0.6 is 0 Å². The molecule has 0 amide bonds. The molecule has 1 aliphatic rings. The highest BCUT2D eigenvalue weighted by atomic mass is 16.5. The number of Topliss-reactive ketones (excluding diaryl/α,β-unsaturated/α-hetero) is 2. The maximum atomic E-state index is 11.0. The Balaban J connectivity index is 2.57. The van der Waals surface area contributed by atoms with Gasteiger partial charge in [-0.3, -0.25) is 9.59 Å². The summed E-state index contributed by atoms with van der Waals surface area (Å²) in [5.41, 5.74) is 0.229. The number of ketones is 2. The van der Waals surface area contributed by atoms with Crippen LogP contribution in [0.1, 0.15) is 19.8 Å². The van der Waals surface area contributed by atoms with Gasteiger partial charge in [0.2, 0.25) is 11.6 Å². The Labute approximate surface area is 75.6 Å². The zero-order chi connectivity index (χ0) is 10.0. The van der Waals surface area contributed by atoms with Crippen molar-refractivity contribution in [3.63, 3.8) is 0 Å². The Hall–Kier alpha value is -1.45. The molecule has 4 nitrogen and oxygen atoms in total. The van der Waals surface area contributed by atoms with Crippen LogP contribution in [0.5, 0.6) is 0 Å². The van der Waals surface area contributed by atoms with Gasteiger partial charge in [-0.1, -0.05) is 6.58 Å². The molecule has 0 N–H and O–H groups in total. The smallest absolute Gasteiger partial charge is 0.333 e. The predicted octanol–water partition coefficient (Wildman–Crippen LogP) is 0.406. The molecule has 0 heterocycles. The van der Waals surface area contributed by atoms with Gasteiger partial charge in [-0.25, -0.2) is 4.79 Å². The van der Waals surface area contributed by atoms with Crippen LogP contribution in [0, 0.1) is 0 Å². The zero-order valence-electron chi connectivity index (χ0n) is 7.33. The maximum Gasteiger partial charge on any atom is 0.333 e. The van der Waals surface area contributed by atoms with Gasteiger partial charge in [0.1, 0.15) is 0 Å². The molecule has 0 radical (unpaired) electrons. The summed E-state index contributed by atoms with van der Waals surface area (Å²) in [5.74, 6) is -1.68. The van der Waals surface area contributed by atoms with Gasteiger partial charge in [-0.05, 0) is 13.3 Å². The molecular formula is C9H10O4. The molecule has 70 valence electrons. The molecule has 13 heavy (non-hydrogen) atoms. The first kappa shape index (κ1) is 9.64. The Bertz CT molecular complexity index is 290. The lowest BCUT2D eigenvalue weighted by molar-refractivity contribution is -0.151. The summed E-state index contributed by atoms with van der Waals surface area (Å²) in [6.45, 7) is 4.86. The summed E-state index contributed by atoms with van der Waals surface area (Å²) >= 11 is 0. The molecule has 0 aromatic heterocycles. The van der Waals surface area contributed by atoms with E-state index in [1.165, 1.54) is 6.92 Å². The number of hydrogen-bond donors (Lipinski definition) is 0. The zero-order valence-corrected chi connectivity index (χ0v) is 7.33. The largest absolute Gasteiger partial charge is 0.450 e. The summed E-state index contributed by atoms with van der Waals surface area (Å²) in [6, 6.07) is 0. The van der Waals surface area contributed by atoms with Gasteiger partial charge in [0.15, 0.2) is 6.10 Å². The van der Waals surface area contributed by atoms with Gasteiger partial charge in [0, 0.05) is 12.0 Å². The number of carbonyl (C=O) groups is 3. The van der Waals surface area contributed by atoms with Crippen molar-refractivity contribution in [2.24, 2.45) is 0 Å². The second-order valence-corrected chi connectivity index (χ2v) is 3.00. The SMILES string of the molecule is C=C(C)C(=O)OC1CCC(=O)C1=O. The third kappa shape index (κ3) is 2.02. The van der Waals surface area contributed by atoms with Crippen molar-refractivity contribution >= 4 is 17.5 Å². The van der Waals surface area contributed by atoms with Crippen LogP contribution in [0.15, 0.2) is 12.2 Å². The fourth-order valence-electron chi connectivity index (χ4n) is 1.04. The van der Waals surface area contributed by atoms with Crippen molar-refractivity contribution in [1.29, 1.82) is 0 Å². The average molecular weight is 182 g/mol. The summed E-state index contributed by atoms with van der Waals surface area (Å²) in [5, 5.41) is 0. The van der Waals surface area contributed by atoms with E-state index in [2.05, 4.69) is 6.58 Å². The Kier molecular flexibility index (Phi) is 2.60. The Morgan fingerprint density at radius 1 is 1.54 bits per heavy atom. The summed E-state index contributed by atoms with van der Waals surface area (Å²) < 4.78 is 4.75. The lowest BCUT2D eigenvalue weighted by atomic mass is 10.3. The van der Waals surface area contributed by atoms with Crippen molar-refractivity contribution < 1.29 is 19.1 Å². The van der Waals surface area contributed by atoms with E-state index in [4.69, 9.17) is 4.74 Å². The highest BCUT2D eigenvalue weighted by Crippen LogP contribution is 2.15.